The van der Waals surface area contributed by atoms with Crippen LogP contribution in [0.1, 0.15) is 106 Å². The van der Waals surface area contributed by atoms with Crippen molar-refractivity contribution in [2.24, 2.45) is 52.3 Å². The number of fused-ring (bicyclic) bond motifs is 5. The van der Waals surface area contributed by atoms with Gasteiger partial charge in [-0.1, -0.05) is 65.5 Å². The first-order chi connectivity index (χ1) is 14.6. The number of ketones is 1. The second-order valence-electron chi connectivity index (χ2n) is 13.0. The molecular formula is C29H48O2. The fourth-order valence-corrected chi connectivity index (χ4v) is 9.22. The van der Waals surface area contributed by atoms with Gasteiger partial charge in [0.25, 0.3) is 0 Å². The fourth-order valence-electron chi connectivity index (χ4n) is 9.22. The van der Waals surface area contributed by atoms with Gasteiger partial charge in [-0.25, -0.2) is 0 Å². The molecule has 9 atom stereocenters. The highest BCUT2D eigenvalue weighted by atomic mass is 16.3. The Morgan fingerprint density at radius 3 is 2.55 bits per heavy atom. The van der Waals surface area contributed by atoms with Crippen LogP contribution in [0.3, 0.4) is 0 Å². The number of allylic oxidation sites excluding steroid dienone is 1. The van der Waals surface area contributed by atoms with E-state index in [0.717, 1.165) is 43.4 Å². The standard InChI is InChI=1S/C29H48O2/c1-18(2)8-7-9-19(3)27-24(20(4)30)17-26-23-11-10-21-16-22(31)12-14-28(21,5)25(23)13-15-29(26,27)6/h10,18-19,22-27,31H,7-9,11-17H2,1-6H3/t19-,22+,23-,24?,25+,26+,27+,28+,29+/m1/s1. The molecule has 2 nitrogen and oxygen atoms in total. The third-order valence-electron chi connectivity index (χ3n) is 10.8. The maximum atomic E-state index is 12.9. The number of aliphatic hydroxyl groups excluding tert-OH is 1. The Labute approximate surface area is 191 Å². The molecular weight excluding hydrogens is 380 g/mol. The van der Waals surface area contributed by atoms with Gasteiger partial charge in [-0.05, 0) is 98.2 Å². The van der Waals surface area contributed by atoms with Crippen LogP contribution in [-0.4, -0.2) is 17.0 Å². The summed E-state index contributed by atoms with van der Waals surface area (Å²) in [4.78, 5) is 12.9. The first-order valence-electron chi connectivity index (χ1n) is 13.5. The van der Waals surface area contributed by atoms with Crippen molar-refractivity contribution in [3.8, 4) is 0 Å². The quantitative estimate of drug-likeness (QED) is 0.454. The minimum Gasteiger partial charge on any atom is -0.393 e. The average Bonchev–Trinajstić information content (AvgIpc) is 3.01. The Morgan fingerprint density at radius 1 is 1.13 bits per heavy atom. The van der Waals surface area contributed by atoms with E-state index in [-0.39, 0.29) is 17.4 Å². The summed E-state index contributed by atoms with van der Waals surface area (Å²) in [6, 6.07) is 0. The summed E-state index contributed by atoms with van der Waals surface area (Å²) < 4.78 is 0. The van der Waals surface area contributed by atoms with Crippen LogP contribution in [0.15, 0.2) is 11.6 Å². The molecule has 4 rings (SSSR count). The molecule has 0 bridgehead atoms. The molecule has 2 heteroatoms. The van der Waals surface area contributed by atoms with Crippen LogP contribution >= 0.6 is 0 Å². The van der Waals surface area contributed by atoms with E-state index in [0.29, 0.717) is 29.0 Å². The van der Waals surface area contributed by atoms with Crippen LogP contribution in [0.25, 0.3) is 0 Å². The van der Waals surface area contributed by atoms with E-state index in [9.17, 15) is 9.90 Å². The van der Waals surface area contributed by atoms with Crippen molar-refractivity contribution >= 4 is 5.78 Å². The van der Waals surface area contributed by atoms with Gasteiger partial charge in [0, 0.05) is 5.92 Å². The second kappa shape index (κ2) is 8.62. The molecule has 0 spiro atoms. The lowest BCUT2D eigenvalue weighted by molar-refractivity contribution is -0.123. The second-order valence-corrected chi connectivity index (χ2v) is 13.0. The normalized spacial score (nSPS) is 45.5. The van der Waals surface area contributed by atoms with Gasteiger partial charge in [0.05, 0.1) is 6.10 Å². The largest absolute Gasteiger partial charge is 0.393 e. The lowest BCUT2D eigenvalue weighted by Crippen LogP contribution is -2.51. The predicted octanol–water partition coefficient (Wildman–Crippen LogP) is 7.20. The van der Waals surface area contributed by atoms with Gasteiger partial charge in [-0.15, -0.1) is 0 Å². The Kier molecular flexibility index (Phi) is 6.54. The molecule has 0 heterocycles. The first-order valence-corrected chi connectivity index (χ1v) is 13.5. The molecule has 4 aliphatic rings. The molecule has 0 aromatic heterocycles. The van der Waals surface area contributed by atoms with Crippen LogP contribution in [0.5, 0.6) is 0 Å². The van der Waals surface area contributed by atoms with Crippen LogP contribution in [0.4, 0.5) is 0 Å². The van der Waals surface area contributed by atoms with Crippen molar-refractivity contribution < 1.29 is 9.90 Å². The Hall–Kier alpha value is -0.630. The summed E-state index contributed by atoms with van der Waals surface area (Å²) >= 11 is 0. The van der Waals surface area contributed by atoms with E-state index in [2.05, 4.69) is 40.7 Å². The zero-order chi connectivity index (χ0) is 22.6. The third kappa shape index (κ3) is 3.98. The molecule has 0 saturated heterocycles. The number of carbonyl (C=O) groups excluding carboxylic acids is 1. The molecule has 0 aromatic rings. The van der Waals surface area contributed by atoms with Crippen molar-refractivity contribution in [2.75, 3.05) is 0 Å². The lowest BCUT2D eigenvalue weighted by Gasteiger charge is -2.58. The summed E-state index contributed by atoms with van der Waals surface area (Å²) in [6.07, 6.45) is 14.2. The van der Waals surface area contributed by atoms with Crippen molar-refractivity contribution in [1.82, 2.24) is 0 Å². The highest BCUT2D eigenvalue weighted by Crippen LogP contribution is 2.68. The van der Waals surface area contributed by atoms with E-state index in [1.807, 2.05) is 6.92 Å². The Morgan fingerprint density at radius 2 is 1.87 bits per heavy atom. The third-order valence-corrected chi connectivity index (χ3v) is 10.8. The molecule has 3 saturated carbocycles. The number of Topliss-reactive ketones (excluding diaryl/α,β-unsaturated/α-hetero) is 1. The van der Waals surface area contributed by atoms with Crippen LogP contribution in [0, 0.1) is 52.3 Å². The van der Waals surface area contributed by atoms with Gasteiger partial charge in [0.1, 0.15) is 5.78 Å². The maximum Gasteiger partial charge on any atom is 0.133 e. The van der Waals surface area contributed by atoms with Crippen LogP contribution < -0.4 is 0 Å². The van der Waals surface area contributed by atoms with Crippen molar-refractivity contribution in [3.05, 3.63) is 11.6 Å². The van der Waals surface area contributed by atoms with Crippen LogP contribution in [0.2, 0.25) is 0 Å². The van der Waals surface area contributed by atoms with E-state index < -0.39 is 0 Å². The summed E-state index contributed by atoms with van der Waals surface area (Å²) in [5, 5.41) is 10.3. The number of aliphatic hydroxyl groups is 1. The summed E-state index contributed by atoms with van der Waals surface area (Å²) in [6.45, 7) is 14.1. The van der Waals surface area contributed by atoms with Crippen molar-refractivity contribution in [2.45, 2.75) is 112 Å². The molecule has 0 aromatic carbocycles. The summed E-state index contributed by atoms with van der Waals surface area (Å²) in [7, 11) is 0. The molecule has 4 aliphatic carbocycles. The molecule has 1 unspecified atom stereocenters. The lowest BCUT2D eigenvalue weighted by atomic mass is 9.47. The summed E-state index contributed by atoms with van der Waals surface area (Å²) in [5.41, 5.74) is 2.16. The monoisotopic (exact) mass is 428 g/mol. The van der Waals surface area contributed by atoms with Crippen LogP contribution in [-0.2, 0) is 4.79 Å². The van der Waals surface area contributed by atoms with Crippen molar-refractivity contribution in [1.29, 1.82) is 0 Å². The zero-order valence-electron chi connectivity index (χ0n) is 21.1. The Bertz CT molecular complexity index is 708. The molecule has 0 amide bonds. The molecule has 1 N–H and O–H groups in total. The average molecular weight is 429 g/mol. The minimum absolute atomic E-state index is 0.130. The number of hydrogen-bond donors (Lipinski definition) is 1. The SMILES string of the molecule is CC(=O)C1C[C@H]2[C@@H]3CC=C4C[C@@H](O)CC[C@]4(C)[C@H]3CC[C@]2(C)[C@H]1[C@H](C)CCCC(C)C. The smallest absolute Gasteiger partial charge is 0.133 e. The Balaban J connectivity index is 1.59. The summed E-state index contributed by atoms with van der Waals surface area (Å²) in [5.74, 6) is 4.89. The van der Waals surface area contributed by atoms with Gasteiger partial charge < -0.3 is 5.11 Å². The van der Waals surface area contributed by atoms with Gasteiger partial charge in [-0.2, -0.15) is 0 Å². The van der Waals surface area contributed by atoms with Crippen molar-refractivity contribution in [3.63, 3.8) is 0 Å². The number of rotatable bonds is 6. The molecule has 0 aliphatic heterocycles. The highest BCUT2D eigenvalue weighted by molar-refractivity contribution is 5.79. The van der Waals surface area contributed by atoms with Gasteiger partial charge in [0.2, 0.25) is 0 Å². The van der Waals surface area contributed by atoms with Gasteiger partial charge in [-0.3, -0.25) is 4.79 Å². The fraction of sp³-hybridized carbons (Fsp3) is 0.897. The maximum absolute atomic E-state index is 12.9. The van der Waals surface area contributed by atoms with E-state index >= 15 is 0 Å². The molecule has 3 fully saturated rings. The number of hydrogen-bond acceptors (Lipinski definition) is 2. The topological polar surface area (TPSA) is 37.3 Å². The van der Waals surface area contributed by atoms with E-state index in [4.69, 9.17) is 0 Å². The van der Waals surface area contributed by atoms with E-state index in [1.54, 1.807) is 5.57 Å². The van der Waals surface area contributed by atoms with Gasteiger partial charge >= 0.3 is 0 Å². The zero-order valence-corrected chi connectivity index (χ0v) is 21.1. The molecule has 0 radical (unpaired) electrons. The minimum atomic E-state index is -0.130. The van der Waals surface area contributed by atoms with Gasteiger partial charge in [0.15, 0.2) is 0 Å². The highest BCUT2D eigenvalue weighted by Gasteiger charge is 2.62. The van der Waals surface area contributed by atoms with E-state index in [1.165, 1.54) is 38.5 Å². The number of carbonyl (C=O) groups is 1. The first kappa shape index (κ1) is 23.5. The molecule has 176 valence electrons. The molecule has 31 heavy (non-hydrogen) atoms. The predicted molar refractivity (Wildman–Crippen MR) is 129 cm³/mol.